The van der Waals surface area contributed by atoms with E-state index in [0.29, 0.717) is 32.2 Å². The van der Waals surface area contributed by atoms with Gasteiger partial charge in [-0.25, -0.2) is 0 Å². The van der Waals surface area contributed by atoms with Crippen molar-refractivity contribution in [2.24, 2.45) is 17.6 Å². The number of hydrogen-bond donors (Lipinski definition) is 4. The van der Waals surface area contributed by atoms with Gasteiger partial charge in [0.05, 0.1) is 49.8 Å². The van der Waals surface area contributed by atoms with Crippen LogP contribution in [0.1, 0.15) is 65.4 Å². The molecule has 5 amide bonds. The number of ether oxygens (including phenoxy) is 3. The molecule has 0 spiro atoms. The van der Waals surface area contributed by atoms with E-state index in [0.717, 1.165) is 12.0 Å². The summed E-state index contributed by atoms with van der Waals surface area (Å²) in [6.45, 7) is 7.86. The highest BCUT2D eigenvalue weighted by Crippen LogP contribution is 2.29. The first-order chi connectivity index (χ1) is 24.8. The quantitative estimate of drug-likeness (QED) is 0.0709. The Hall–Kier alpha value is -4.08. The zero-order valence-corrected chi connectivity index (χ0v) is 31.8. The fourth-order valence-corrected chi connectivity index (χ4v) is 6.65. The van der Waals surface area contributed by atoms with E-state index >= 15 is 0 Å². The van der Waals surface area contributed by atoms with Crippen LogP contribution in [0.25, 0.3) is 0 Å². The number of likely N-dealkylation sites (N-methyl/N-ethyl adjacent to an activating group) is 1. The number of amides is 5. The molecule has 8 atom stereocenters. The SMILES string of the molecule is CCC(C)C(C(CC(=O)N1CCCC1C(OC)C(C)C(=O)NC(Cc1ccccc1)C(=O)NCCCOC(=O)C(C)N)OC)N(C)C(=O)CNC=O. The van der Waals surface area contributed by atoms with E-state index in [4.69, 9.17) is 19.9 Å². The first-order valence-corrected chi connectivity index (χ1v) is 18.1. The molecular weight excluding hydrogens is 672 g/mol. The summed E-state index contributed by atoms with van der Waals surface area (Å²) in [7, 11) is 4.67. The molecule has 1 aromatic rings. The fraction of sp³-hybridized carbons (Fsp3) is 0.676. The molecule has 0 bridgehead atoms. The van der Waals surface area contributed by atoms with Gasteiger partial charge in [0, 0.05) is 40.8 Å². The van der Waals surface area contributed by atoms with Crippen LogP contribution >= 0.6 is 0 Å². The summed E-state index contributed by atoms with van der Waals surface area (Å²) in [5.74, 6) is -2.53. The molecule has 0 saturated carbocycles. The van der Waals surface area contributed by atoms with E-state index in [1.54, 1.807) is 18.9 Å². The van der Waals surface area contributed by atoms with Crippen molar-refractivity contribution in [3.8, 4) is 0 Å². The number of rotatable bonds is 23. The third-order valence-corrected chi connectivity index (χ3v) is 9.79. The second-order valence-corrected chi connectivity index (χ2v) is 13.5. The average molecular weight is 733 g/mol. The molecule has 0 aromatic heterocycles. The predicted molar refractivity (Wildman–Crippen MR) is 195 cm³/mol. The Labute approximate surface area is 308 Å². The summed E-state index contributed by atoms with van der Waals surface area (Å²) in [5.41, 5.74) is 6.37. The first kappa shape index (κ1) is 44.1. The second-order valence-electron chi connectivity index (χ2n) is 13.5. The predicted octanol–water partition coefficient (Wildman–Crippen LogP) is 0.777. The smallest absolute Gasteiger partial charge is 0.322 e. The molecule has 1 aliphatic heterocycles. The lowest BCUT2D eigenvalue weighted by Crippen LogP contribution is -2.55. The van der Waals surface area contributed by atoms with Gasteiger partial charge < -0.3 is 45.7 Å². The molecule has 292 valence electrons. The summed E-state index contributed by atoms with van der Waals surface area (Å²) in [6.07, 6.45) is 1.85. The molecule has 52 heavy (non-hydrogen) atoms. The van der Waals surface area contributed by atoms with Gasteiger partial charge >= 0.3 is 5.97 Å². The van der Waals surface area contributed by atoms with Crippen molar-refractivity contribution in [2.45, 2.75) is 103 Å². The van der Waals surface area contributed by atoms with Gasteiger partial charge in [-0.15, -0.1) is 0 Å². The van der Waals surface area contributed by atoms with Crippen molar-refractivity contribution in [3.05, 3.63) is 35.9 Å². The number of nitrogens with one attached hydrogen (secondary N) is 3. The Morgan fingerprint density at radius 1 is 1.06 bits per heavy atom. The average Bonchev–Trinajstić information content (AvgIpc) is 3.62. The maximum Gasteiger partial charge on any atom is 0.322 e. The number of nitrogens with zero attached hydrogens (tertiary/aromatic N) is 2. The lowest BCUT2D eigenvalue weighted by atomic mass is 9.90. The standard InChI is InChI=1S/C37H60N6O9/c1-8-24(2)33(42(5)32(46)22-39-23-44)30(50-6)21-31(45)43-18-12-16-29(43)34(51-7)25(3)35(47)41-28(20-27-14-10-9-11-15-27)36(48)40-17-13-19-52-37(49)26(4)38/h9-11,14-15,23-26,28-30,33-34H,8,12-13,16-22,38H2,1-7H3,(H,39,44)(H,40,48)(H,41,47). The van der Waals surface area contributed by atoms with Crippen LogP contribution in [0.4, 0.5) is 0 Å². The maximum atomic E-state index is 13.9. The molecular formula is C37H60N6O9. The number of carbonyl (C=O) groups excluding carboxylic acids is 6. The highest BCUT2D eigenvalue weighted by Gasteiger charge is 2.42. The van der Waals surface area contributed by atoms with Crippen molar-refractivity contribution in [1.82, 2.24) is 25.8 Å². The number of benzene rings is 1. The fourth-order valence-electron chi connectivity index (χ4n) is 6.65. The van der Waals surface area contributed by atoms with Gasteiger partial charge in [0.1, 0.15) is 12.1 Å². The zero-order valence-electron chi connectivity index (χ0n) is 31.8. The van der Waals surface area contributed by atoms with Crippen LogP contribution in [-0.4, -0.2) is 130 Å². The third-order valence-electron chi connectivity index (χ3n) is 9.79. The highest BCUT2D eigenvalue weighted by atomic mass is 16.5. The molecule has 5 N–H and O–H groups in total. The van der Waals surface area contributed by atoms with Crippen molar-refractivity contribution in [1.29, 1.82) is 0 Å². The molecule has 1 saturated heterocycles. The number of likely N-dealkylation sites (tertiary alicyclic amines) is 1. The van der Waals surface area contributed by atoms with Gasteiger partial charge in [-0.2, -0.15) is 0 Å². The van der Waals surface area contributed by atoms with Crippen molar-refractivity contribution in [2.75, 3.05) is 47.5 Å². The topological polar surface area (TPSA) is 199 Å². The third kappa shape index (κ3) is 13.2. The van der Waals surface area contributed by atoms with E-state index in [-0.39, 0.29) is 56.2 Å². The van der Waals surface area contributed by atoms with E-state index in [1.165, 1.54) is 26.0 Å². The summed E-state index contributed by atoms with van der Waals surface area (Å²) in [5, 5.41) is 8.14. The molecule has 15 heteroatoms. The number of nitrogens with two attached hydrogens (primary N) is 1. The molecule has 1 fully saturated rings. The monoisotopic (exact) mass is 732 g/mol. The van der Waals surface area contributed by atoms with Crippen molar-refractivity contribution >= 4 is 36.0 Å². The Balaban J connectivity index is 2.17. The molecule has 2 rings (SSSR count). The molecule has 1 aliphatic rings. The lowest BCUT2D eigenvalue weighted by molar-refractivity contribution is -0.146. The van der Waals surface area contributed by atoms with Gasteiger partial charge in [0.2, 0.25) is 30.0 Å². The Morgan fingerprint density at radius 3 is 2.35 bits per heavy atom. The minimum atomic E-state index is -0.899. The van der Waals surface area contributed by atoms with Crippen LogP contribution in [0.2, 0.25) is 0 Å². The van der Waals surface area contributed by atoms with Gasteiger partial charge in [-0.05, 0) is 37.7 Å². The summed E-state index contributed by atoms with van der Waals surface area (Å²) in [4.78, 5) is 79.6. The normalized spacial score (nSPS) is 18.2. The van der Waals surface area contributed by atoms with E-state index in [2.05, 4.69) is 16.0 Å². The number of methoxy groups -OCH3 is 2. The van der Waals surface area contributed by atoms with E-state index in [1.807, 2.05) is 44.2 Å². The van der Waals surface area contributed by atoms with E-state index in [9.17, 15) is 28.8 Å². The van der Waals surface area contributed by atoms with Crippen molar-refractivity contribution in [3.63, 3.8) is 0 Å². The van der Waals surface area contributed by atoms with Crippen LogP contribution < -0.4 is 21.7 Å². The molecule has 1 aromatic carbocycles. The van der Waals surface area contributed by atoms with Crippen LogP contribution in [0.3, 0.4) is 0 Å². The van der Waals surface area contributed by atoms with Gasteiger partial charge in [-0.1, -0.05) is 57.5 Å². The summed E-state index contributed by atoms with van der Waals surface area (Å²) >= 11 is 0. The van der Waals surface area contributed by atoms with Crippen LogP contribution in [0, 0.1) is 11.8 Å². The molecule has 1 heterocycles. The molecule has 8 unspecified atom stereocenters. The van der Waals surface area contributed by atoms with Crippen LogP contribution in [0.5, 0.6) is 0 Å². The first-order valence-electron chi connectivity index (χ1n) is 18.1. The van der Waals surface area contributed by atoms with Gasteiger partial charge in [0.15, 0.2) is 0 Å². The highest BCUT2D eigenvalue weighted by molar-refractivity contribution is 5.89. The minimum Gasteiger partial charge on any atom is -0.464 e. The summed E-state index contributed by atoms with van der Waals surface area (Å²) < 4.78 is 16.8. The van der Waals surface area contributed by atoms with Gasteiger partial charge in [0.25, 0.3) is 0 Å². The number of carbonyl (C=O) groups is 6. The minimum absolute atomic E-state index is 0.00150. The largest absolute Gasteiger partial charge is 0.464 e. The van der Waals surface area contributed by atoms with Crippen molar-refractivity contribution < 1.29 is 43.0 Å². The molecule has 15 nitrogen and oxygen atoms in total. The lowest BCUT2D eigenvalue weighted by Gasteiger charge is -2.39. The Morgan fingerprint density at radius 2 is 1.75 bits per heavy atom. The van der Waals surface area contributed by atoms with E-state index < -0.39 is 54.2 Å². The van der Waals surface area contributed by atoms with Crippen LogP contribution in [-0.2, 0) is 49.4 Å². The molecule has 0 aliphatic carbocycles. The zero-order chi connectivity index (χ0) is 38.8. The molecule has 0 radical (unpaired) electrons. The second kappa shape index (κ2) is 22.8. The Bertz CT molecular complexity index is 1300. The Kier molecular flexibility index (Phi) is 19.3. The number of esters is 1. The summed E-state index contributed by atoms with van der Waals surface area (Å²) in [6, 6.07) is 6.85. The van der Waals surface area contributed by atoms with Crippen LogP contribution in [0.15, 0.2) is 30.3 Å². The number of hydrogen-bond acceptors (Lipinski definition) is 10. The van der Waals surface area contributed by atoms with Gasteiger partial charge in [-0.3, -0.25) is 28.8 Å². The maximum absolute atomic E-state index is 13.9.